The van der Waals surface area contributed by atoms with Gasteiger partial charge in [0.1, 0.15) is 12.2 Å². The van der Waals surface area contributed by atoms with Gasteiger partial charge >= 0.3 is 11.6 Å². The molecule has 0 aliphatic carbocycles. The zero-order valence-electron chi connectivity index (χ0n) is 14.8. The number of aryl methyl sites for hydroxylation is 1. The van der Waals surface area contributed by atoms with Crippen molar-refractivity contribution in [1.82, 2.24) is 0 Å². The highest BCUT2D eigenvalue weighted by Crippen LogP contribution is 2.26. The van der Waals surface area contributed by atoms with Crippen LogP contribution in [0.2, 0.25) is 10.0 Å². The van der Waals surface area contributed by atoms with Gasteiger partial charge in [-0.3, -0.25) is 0 Å². The fourth-order valence-corrected chi connectivity index (χ4v) is 3.59. The maximum atomic E-state index is 12.4. The van der Waals surface area contributed by atoms with E-state index in [1.54, 1.807) is 19.1 Å². The first-order valence-corrected chi connectivity index (χ1v) is 10.6. The third kappa shape index (κ3) is 4.22. The highest BCUT2D eigenvalue weighted by Gasteiger charge is 2.18. The summed E-state index contributed by atoms with van der Waals surface area (Å²) in [5.74, 6) is -0.824. The molecular formula is C19H14Cl2O6S. The van der Waals surface area contributed by atoms with E-state index in [4.69, 9.17) is 32.4 Å². The first kappa shape index (κ1) is 20.4. The topological polar surface area (TPSA) is 90.7 Å². The lowest BCUT2D eigenvalue weighted by Crippen LogP contribution is -2.09. The molecule has 0 amide bonds. The van der Waals surface area contributed by atoms with E-state index in [1.165, 1.54) is 18.2 Å². The van der Waals surface area contributed by atoms with E-state index >= 15 is 0 Å². The third-order valence-electron chi connectivity index (χ3n) is 4.05. The lowest BCUT2D eigenvalue weighted by atomic mass is 10.1. The van der Waals surface area contributed by atoms with Crippen LogP contribution in [0.25, 0.3) is 11.0 Å². The quantitative estimate of drug-likeness (QED) is 0.446. The number of rotatable bonds is 4. The number of hydrogen-bond donors (Lipinski definition) is 0. The second kappa shape index (κ2) is 7.58. The molecule has 3 rings (SSSR count). The fraction of sp³-hybridized carbons (Fsp3) is 0.158. The minimum atomic E-state index is -3.52. The van der Waals surface area contributed by atoms with Crippen molar-refractivity contribution >= 4 is 50.0 Å². The molecular weight excluding hydrogens is 427 g/mol. The van der Waals surface area contributed by atoms with E-state index < -0.39 is 21.4 Å². The highest BCUT2D eigenvalue weighted by atomic mass is 35.5. The number of benzene rings is 2. The van der Waals surface area contributed by atoms with Crippen LogP contribution in [0, 0.1) is 6.92 Å². The van der Waals surface area contributed by atoms with Crippen LogP contribution in [0.3, 0.4) is 0 Å². The molecule has 0 fully saturated rings. The van der Waals surface area contributed by atoms with E-state index in [9.17, 15) is 18.0 Å². The zero-order chi connectivity index (χ0) is 20.6. The average molecular weight is 441 g/mol. The second-order valence-corrected chi connectivity index (χ2v) is 9.01. The van der Waals surface area contributed by atoms with Gasteiger partial charge in [0.25, 0.3) is 0 Å². The van der Waals surface area contributed by atoms with Crippen LogP contribution < -0.4 is 5.63 Å². The van der Waals surface area contributed by atoms with Crippen LogP contribution in [0.1, 0.15) is 21.5 Å². The van der Waals surface area contributed by atoms with Gasteiger partial charge in [-0.1, -0.05) is 23.2 Å². The van der Waals surface area contributed by atoms with Crippen LogP contribution in [0.15, 0.2) is 50.5 Å². The monoisotopic (exact) mass is 440 g/mol. The Morgan fingerprint density at radius 3 is 2.50 bits per heavy atom. The zero-order valence-corrected chi connectivity index (χ0v) is 17.1. The van der Waals surface area contributed by atoms with Gasteiger partial charge in [-0.2, -0.15) is 0 Å². The van der Waals surface area contributed by atoms with Crippen LogP contribution in [-0.4, -0.2) is 20.6 Å². The number of esters is 1. The molecule has 0 aliphatic heterocycles. The van der Waals surface area contributed by atoms with Crippen molar-refractivity contribution in [3.05, 3.63) is 73.6 Å². The number of fused-ring (bicyclic) bond motifs is 1. The highest BCUT2D eigenvalue weighted by molar-refractivity contribution is 7.90. The van der Waals surface area contributed by atoms with Gasteiger partial charge in [0.15, 0.2) is 9.84 Å². The summed E-state index contributed by atoms with van der Waals surface area (Å²) in [7, 11) is -3.52. The number of ether oxygens (including phenoxy) is 1. The Morgan fingerprint density at radius 1 is 1.11 bits per heavy atom. The van der Waals surface area contributed by atoms with Gasteiger partial charge in [-0.05, 0) is 42.8 Å². The summed E-state index contributed by atoms with van der Waals surface area (Å²) in [6.45, 7) is 1.52. The van der Waals surface area contributed by atoms with E-state index in [0.29, 0.717) is 21.6 Å². The minimum absolute atomic E-state index is 0.0495. The Balaban J connectivity index is 1.94. The SMILES string of the molecule is Cc1cc2oc(=O)cc(COC(=O)c3cc(S(C)(=O)=O)ccc3Cl)c2cc1Cl. The van der Waals surface area contributed by atoms with Gasteiger partial charge in [-0.15, -0.1) is 0 Å². The molecule has 0 saturated carbocycles. The lowest BCUT2D eigenvalue weighted by Gasteiger charge is -2.10. The molecule has 0 saturated heterocycles. The van der Waals surface area contributed by atoms with Crippen molar-refractivity contribution in [2.45, 2.75) is 18.4 Å². The van der Waals surface area contributed by atoms with Gasteiger partial charge in [0.05, 0.1) is 15.5 Å². The summed E-state index contributed by atoms with van der Waals surface area (Å²) in [4.78, 5) is 24.2. The van der Waals surface area contributed by atoms with Crippen molar-refractivity contribution in [3.8, 4) is 0 Å². The average Bonchev–Trinajstić information content (AvgIpc) is 2.60. The Bertz CT molecular complexity index is 1260. The molecule has 1 aromatic heterocycles. The fourth-order valence-electron chi connectivity index (χ4n) is 2.58. The van der Waals surface area contributed by atoms with E-state index in [-0.39, 0.29) is 22.1 Å². The molecule has 6 nitrogen and oxygen atoms in total. The molecule has 0 atom stereocenters. The van der Waals surface area contributed by atoms with E-state index in [1.807, 2.05) is 0 Å². The molecule has 0 spiro atoms. The molecule has 0 radical (unpaired) electrons. The number of halogens is 2. The van der Waals surface area contributed by atoms with E-state index in [0.717, 1.165) is 17.9 Å². The van der Waals surface area contributed by atoms with Crippen LogP contribution >= 0.6 is 23.2 Å². The van der Waals surface area contributed by atoms with E-state index in [2.05, 4.69) is 0 Å². The summed E-state index contributed by atoms with van der Waals surface area (Å²) in [5, 5.41) is 1.05. The summed E-state index contributed by atoms with van der Waals surface area (Å²) in [6.07, 6.45) is 1.02. The van der Waals surface area contributed by atoms with Crippen LogP contribution in [0.5, 0.6) is 0 Å². The predicted molar refractivity (Wildman–Crippen MR) is 106 cm³/mol. The smallest absolute Gasteiger partial charge is 0.340 e. The van der Waals surface area contributed by atoms with Crippen molar-refractivity contribution in [2.75, 3.05) is 6.26 Å². The lowest BCUT2D eigenvalue weighted by molar-refractivity contribution is 0.0473. The molecule has 0 N–H and O–H groups in total. The molecule has 3 aromatic rings. The molecule has 0 bridgehead atoms. The summed E-state index contributed by atoms with van der Waals surface area (Å²) < 4.78 is 33.8. The molecule has 0 unspecified atom stereocenters. The molecule has 28 heavy (non-hydrogen) atoms. The third-order valence-corrected chi connectivity index (χ3v) is 5.90. The van der Waals surface area contributed by atoms with Gasteiger partial charge in [-0.25, -0.2) is 18.0 Å². The van der Waals surface area contributed by atoms with Crippen LogP contribution in [-0.2, 0) is 21.2 Å². The number of carbonyl (C=O) groups is 1. The van der Waals surface area contributed by atoms with Crippen molar-refractivity contribution in [2.24, 2.45) is 0 Å². The summed E-state index contributed by atoms with van der Waals surface area (Å²) in [5.41, 5.74) is 0.758. The Labute approximate surface area is 170 Å². The Kier molecular flexibility index (Phi) is 5.52. The Morgan fingerprint density at radius 2 is 1.82 bits per heavy atom. The number of sulfone groups is 1. The maximum Gasteiger partial charge on any atom is 0.340 e. The normalized spacial score (nSPS) is 11.6. The van der Waals surface area contributed by atoms with Crippen LogP contribution in [0.4, 0.5) is 0 Å². The molecule has 1 heterocycles. The molecule has 9 heteroatoms. The molecule has 2 aromatic carbocycles. The van der Waals surface area contributed by atoms with Gasteiger partial charge in [0, 0.05) is 28.3 Å². The van der Waals surface area contributed by atoms with Gasteiger partial charge < -0.3 is 9.15 Å². The largest absolute Gasteiger partial charge is 0.457 e. The number of hydrogen-bond acceptors (Lipinski definition) is 6. The summed E-state index contributed by atoms with van der Waals surface area (Å²) >= 11 is 12.1. The number of carbonyl (C=O) groups excluding carboxylic acids is 1. The first-order valence-electron chi connectivity index (χ1n) is 7.96. The first-order chi connectivity index (χ1) is 13.1. The Hall–Kier alpha value is -2.35. The minimum Gasteiger partial charge on any atom is -0.457 e. The molecule has 146 valence electrons. The standard InChI is InChI=1S/C19H14Cl2O6S/c1-10-5-17-13(8-16(10)21)11(6-18(22)27-17)9-26-19(23)14-7-12(28(2,24)25)3-4-15(14)20/h3-8H,9H2,1-2H3. The second-order valence-electron chi connectivity index (χ2n) is 6.18. The summed E-state index contributed by atoms with van der Waals surface area (Å²) in [6, 6.07) is 8.21. The molecule has 0 aliphatic rings. The predicted octanol–water partition coefficient (Wildman–Crippen LogP) is 4.17. The van der Waals surface area contributed by atoms with Crippen molar-refractivity contribution in [3.63, 3.8) is 0 Å². The van der Waals surface area contributed by atoms with Crippen molar-refractivity contribution < 1.29 is 22.4 Å². The van der Waals surface area contributed by atoms with Gasteiger partial charge in [0.2, 0.25) is 0 Å². The maximum absolute atomic E-state index is 12.4. The van der Waals surface area contributed by atoms with Crippen molar-refractivity contribution in [1.29, 1.82) is 0 Å².